The van der Waals surface area contributed by atoms with E-state index in [2.05, 4.69) is 203 Å². The van der Waals surface area contributed by atoms with Gasteiger partial charge in [-0.05, 0) is 192 Å². The number of hydrogen-bond acceptors (Lipinski definition) is 4. The second kappa shape index (κ2) is 21.8. The number of nitrogens with zero attached hydrogens (tertiary/aromatic N) is 2. The predicted octanol–water partition coefficient (Wildman–Crippen LogP) is 21.0. The van der Waals surface area contributed by atoms with Gasteiger partial charge in [-0.1, -0.05) is 131 Å². The van der Waals surface area contributed by atoms with Crippen molar-refractivity contribution in [3.05, 3.63) is 177 Å². The molecule has 81 heavy (non-hydrogen) atoms. The third-order valence-electron chi connectivity index (χ3n) is 15.7. The first-order valence-corrected chi connectivity index (χ1v) is 29.6. The molecule has 8 heteroatoms. The van der Waals surface area contributed by atoms with Crippen LogP contribution >= 0.6 is 23.2 Å². The minimum Gasteiger partial charge on any atom is -0.493 e. The van der Waals surface area contributed by atoms with Crippen LogP contribution in [0.15, 0.2) is 133 Å². The minimum absolute atomic E-state index is 0.0180. The van der Waals surface area contributed by atoms with Crippen molar-refractivity contribution in [2.75, 3.05) is 26.4 Å². The van der Waals surface area contributed by atoms with Gasteiger partial charge in [0.25, 0.3) is 0 Å². The Morgan fingerprint density at radius 1 is 0.358 bits per heavy atom. The largest absolute Gasteiger partial charge is 0.493 e. The van der Waals surface area contributed by atoms with E-state index in [1.807, 2.05) is 50.2 Å². The highest BCUT2D eigenvalue weighted by atomic mass is 35.5. The molecule has 8 aromatic carbocycles. The fourth-order valence-electron chi connectivity index (χ4n) is 11.4. The Morgan fingerprint density at radius 2 is 0.667 bits per heavy atom. The van der Waals surface area contributed by atoms with Gasteiger partial charge < -0.3 is 28.1 Å². The lowest BCUT2D eigenvalue weighted by atomic mass is 9.85. The first kappa shape index (κ1) is 57.4. The van der Waals surface area contributed by atoms with E-state index >= 15 is 0 Å². The maximum atomic E-state index is 6.89. The molecule has 0 aliphatic heterocycles. The molecule has 0 fully saturated rings. The molecule has 0 spiro atoms. The summed E-state index contributed by atoms with van der Waals surface area (Å²) in [6.07, 6.45) is 0.599. The molecule has 0 saturated heterocycles. The molecule has 2 aromatic heterocycles. The van der Waals surface area contributed by atoms with Crippen LogP contribution in [0.5, 0.6) is 23.0 Å². The number of benzene rings is 8. The Bertz CT molecular complexity index is 3630. The summed E-state index contributed by atoms with van der Waals surface area (Å²) >= 11 is 13.8. The number of ether oxygens (including phenoxy) is 4. The van der Waals surface area contributed by atoms with E-state index < -0.39 is 0 Å². The topological polar surface area (TPSA) is 46.8 Å². The minimum atomic E-state index is -0.0180. The van der Waals surface area contributed by atoms with Crippen molar-refractivity contribution < 1.29 is 18.9 Å². The summed E-state index contributed by atoms with van der Waals surface area (Å²) in [5.74, 6) is 2.94. The van der Waals surface area contributed by atoms with Crippen LogP contribution in [0.2, 0.25) is 10.0 Å². The quantitative estimate of drug-likeness (QED) is 0.102. The fourth-order valence-corrected chi connectivity index (χ4v) is 11.7. The maximum absolute atomic E-state index is 6.89. The van der Waals surface area contributed by atoms with Crippen molar-refractivity contribution in [2.45, 2.75) is 139 Å². The van der Waals surface area contributed by atoms with Gasteiger partial charge in [0.2, 0.25) is 0 Å². The Balaban J connectivity index is 0.982. The van der Waals surface area contributed by atoms with Crippen LogP contribution in [0.3, 0.4) is 0 Å². The third kappa shape index (κ3) is 11.3. The molecule has 2 heterocycles. The monoisotopic (exact) mass is 1120 g/mol. The van der Waals surface area contributed by atoms with Crippen molar-refractivity contribution in [1.29, 1.82) is 0 Å². The number of fused-ring (bicyclic) bond motifs is 6. The van der Waals surface area contributed by atoms with Crippen molar-refractivity contribution in [1.82, 2.24) is 9.13 Å². The molecule has 0 bridgehead atoms. The number of aryl methyl sites for hydroxylation is 2. The highest BCUT2D eigenvalue weighted by Gasteiger charge is 2.28. The molecule has 0 unspecified atom stereocenters. The molecular weight excluding hydrogens is 1040 g/mol. The van der Waals surface area contributed by atoms with E-state index in [1.165, 1.54) is 43.8 Å². The first-order chi connectivity index (χ1) is 38.2. The summed E-state index contributed by atoms with van der Waals surface area (Å²) in [7, 11) is 0. The summed E-state index contributed by atoms with van der Waals surface area (Å²) in [6, 6.07) is 48.2. The van der Waals surface area contributed by atoms with Crippen molar-refractivity contribution in [3.8, 4) is 56.6 Å². The number of aromatic nitrogens is 2. The van der Waals surface area contributed by atoms with E-state index in [1.54, 1.807) is 0 Å². The van der Waals surface area contributed by atoms with Gasteiger partial charge in [0.15, 0.2) is 11.5 Å². The Kier molecular flexibility index (Phi) is 15.4. The highest BCUT2D eigenvalue weighted by Crippen LogP contribution is 2.48. The standard InChI is InChI=1S/C73H80Cl2N2O4/c1-17-78-68-58(34-44(3)36-64(68)76-60-26-20-46(70(5,6)7)38-52(60)53-39-47(71(8,9)10)21-27-61(53)76)56-42-50(74)24-30-66(56)80-32-19-33-81-67-31-25-51(75)43-57(67)59-35-45(4)37-65(69(59)79-18-2)77-62-28-22-48(72(11,12)13)40-54(62)55-41-49(73(14,15)16)23-29-63(55)77/h20-31,34-43H,17-19,32-33H2,1-16H3. The molecule has 0 saturated carbocycles. The molecule has 0 atom stereocenters. The van der Waals surface area contributed by atoms with Gasteiger partial charge in [0.05, 0.1) is 59.9 Å². The van der Waals surface area contributed by atoms with Crippen LogP contribution in [-0.4, -0.2) is 35.6 Å². The van der Waals surface area contributed by atoms with Crippen molar-refractivity contribution in [2.24, 2.45) is 0 Å². The van der Waals surface area contributed by atoms with Gasteiger partial charge in [-0.3, -0.25) is 0 Å². The van der Waals surface area contributed by atoms with Crippen LogP contribution in [-0.2, 0) is 21.7 Å². The Hall–Kier alpha value is -6.86. The molecule has 6 nitrogen and oxygen atoms in total. The molecule has 0 radical (unpaired) electrons. The third-order valence-corrected chi connectivity index (χ3v) is 16.2. The predicted molar refractivity (Wildman–Crippen MR) is 345 cm³/mol. The highest BCUT2D eigenvalue weighted by molar-refractivity contribution is 6.31. The van der Waals surface area contributed by atoms with E-state index in [-0.39, 0.29) is 21.7 Å². The molecule has 10 rings (SSSR count). The van der Waals surface area contributed by atoms with Crippen LogP contribution in [0, 0.1) is 13.8 Å². The SMILES string of the molecule is CCOc1c(-c2cc(Cl)ccc2OCCCOc2ccc(Cl)cc2-c2cc(C)cc(-n3c4ccc(C(C)(C)C)cc4c4cc(C(C)(C)C)ccc43)c2OCC)cc(C)cc1-n1c2ccc(C(C)(C)C)cc2c2cc(C(C)(C)C)ccc21. The summed E-state index contributed by atoms with van der Waals surface area (Å²) in [4.78, 5) is 0. The van der Waals surface area contributed by atoms with E-state index in [9.17, 15) is 0 Å². The molecule has 0 aliphatic rings. The average Bonchev–Trinajstić information content (AvgIpc) is 3.93. The normalized spacial score (nSPS) is 12.6. The summed E-state index contributed by atoms with van der Waals surface area (Å²) < 4.78 is 31.8. The molecule has 10 aromatic rings. The van der Waals surface area contributed by atoms with Gasteiger partial charge >= 0.3 is 0 Å². The first-order valence-electron chi connectivity index (χ1n) is 28.8. The van der Waals surface area contributed by atoms with Crippen molar-refractivity contribution >= 4 is 66.8 Å². The van der Waals surface area contributed by atoms with E-state index in [4.69, 9.17) is 42.1 Å². The molecular formula is C73H80Cl2N2O4. The zero-order chi connectivity index (χ0) is 58.1. The summed E-state index contributed by atoms with van der Waals surface area (Å²) in [6.45, 7) is 37.4. The number of halogens is 2. The molecule has 420 valence electrons. The van der Waals surface area contributed by atoms with Crippen LogP contribution < -0.4 is 18.9 Å². The van der Waals surface area contributed by atoms with Crippen LogP contribution in [0.4, 0.5) is 0 Å². The maximum Gasteiger partial charge on any atom is 0.151 e. The lowest BCUT2D eigenvalue weighted by Gasteiger charge is -2.22. The second-order valence-electron chi connectivity index (χ2n) is 26.1. The van der Waals surface area contributed by atoms with Gasteiger partial charge in [-0.25, -0.2) is 0 Å². The number of rotatable bonds is 14. The van der Waals surface area contributed by atoms with Crippen LogP contribution in [0.25, 0.3) is 77.2 Å². The molecule has 0 amide bonds. The summed E-state index contributed by atoms with van der Waals surface area (Å²) in [5, 5.41) is 6.09. The van der Waals surface area contributed by atoms with Crippen LogP contribution in [0.1, 0.15) is 137 Å². The van der Waals surface area contributed by atoms with E-state index in [0.29, 0.717) is 54.4 Å². The zero-order valence-electron chi connectivity index (χ0n) is 50.5. The number of hydrogen-bond donors (Lipinski definition) is 0. The Morgan fingerprint density at radius 3 is 0.951 bits per heavy atom. The zero-order valence-corrected chi connectivity index (χ0v) is 52.0. The van der Waals surface area contributed by atoms with Gasteiger partial charge in [0.1, 0.15) is 11.5 Å². The molecule has 0 N–H and O–H groups in total. The summed E-state index contributed by atoms with van der Waals surface area (Å²) in [5.41, 5.74) is 17.2. The van der Waals surface area contributed by atoms with Crippen molar-refractivity contribution in [3.63, 3.8) is 0 Å². The Labute approximate surface area is 490 Å². The van der Waals surface area contributed by atoms with Gasteiger partial charge in [0, 0.05) is 60.3 Å². The smallest absolute Gasteiger partial charge is 0.151 e. The lowest BCUT2D eigenvalue weighted by molar-refractivity contribution is 0.248. The fraction of sp³-hybridized carbons (Fsp3) is 0.342. The average molecular weight is 1120 g/mol. The molecule has 0 aliphatic carbocycles. The lowest BCUT2D eigenvalue weighted by Crippen LogP contribution is -2.10. The van der Waals surface area contributed by atoms with Gasteiger partial charge in [-0.2, -0.15) is 0 Å². The van der Waals surface area contributed by atoms with E-state index in [0.717, 1.165) is 78.3 Å². The van der Waals surface area contributed by atoms with Gasteiger partial charge in [-0.15, -0.1) is 0 Å². The second-order valence-corrected chi connectivity index (χ2v) is 27.0.